The lowest BCUT2D eigenvalue weighted by molar-refractivity contribution is -0.121. The van der Waals surface area contributed by atoms with Crippen molar-refractivity contribution in [3.05, 3.63) is 30.0 Å². The van der Waals surface area contributed by atoms with Crippen LogP contribution in [0.1, 0.15) is 102 Å². The first kappa shape index (κ1) is 28.4. The van der Waals surface area contributed by atoms with Gasteiger partial charge in [0.05, 0.1) is 32.3 Å². The molecular formula is C28H44N4O3. The predicted molar refractivity (Wildman–Crippen MR) is 143 cm³/mol. The normalized spacial score (nSPS) is 11.2. The number of unbranched alkanes of at least 4 members (excludes halogenated alkanes) is 12. The Kier molecular flexibility index (Phi) is 14.3. The Labute approximate surface area is 211 Å². The van der Waals surface area contributed by atoms with E-state index in [0.29, 0.717) is 17.9 Å². The van der Waals surface area contributed by atoms with Gasteiger partial charge in [-0.1, -0.05) is 84.0 Å². The number of amides is 1. The second-order valence-corrected chi connectivity index (χ2v) is 9.06. The standard InChI is InChI=1S/C28H44N4O3/c1-4-5-6-7-8-9-10-11-12-13-14-15-16-17-27(33)31-29-21-24-22-30-32-28(24)23-18-19-25(34-2)26(20-23)35-3/h18-22H,4-17H2,1-3H3,(H,30,32)(H,31,33). The fourth-order valence-electron chi connectivity index (χ4n) is 4.15. The number of rotatable bonds is 19. The Balaban J connectivity index is 1.59. The van der Waals surface area contributed by atoms with Crippen molar-refractivity contribution >= 4 is 12.1 Å². The lowest BCUT2D eigenvalue weighted by Crippen LogP contribution is -2.16. The number of H-pyrrole nitrogens is 1. The molecule has 0 spiro atoms. The highest BCUT2D eigenvalue weighted by Crippen LogP contribution is 2.32. The summed E-state index contributed by atoms with van der Waals surface area (Å²) in [5.41, 5.74) is 5.09. The highest BCUT2D eigenvalue weighted by molar-refractivity contribution is 5.89. The molecule has 194 valence electrons. The van der Waals surface area contributed by atoms with Gasteiger partial charge in [-0.3, -0.25) is 9.89 Å². The van der Waals surface area contributed by atoms with Crippen LogP contribution in [0, 0.1) is 0 Å². The molecule has 0 unspecified atom stereocenters. The molecule has 7 heteroatoms. The van der Waals surface area contributed by atoms with E-state index in [-0.39, 0.29) is 5.91 Å². The Morgan fingerprint density at radius 1 is 0.914 bits per heavy atom. The summed E-state index contributed by atoms with van der Waals surface area (Å²) in [5.74, 6) is 1.24. The number of ether oxygens (including phenoxy) is 2. The van der Waals surface area contributed by atoms with E-state index in [0.717, 1.165) is 29.7 Å². The molecule has 0 saturated heterocycles. The molecule has 0 aliphatic heterocycles. The molecule has 0 fully saturated rings. The third-order valence-corrected chi connectivity index (χ3v) is 6.24. The molecule has 1 amide bonds. The molecule has 1 aromatic carbocycles. The van der Waals surface area contributed by atoms with Crippen LogP contribution < -0.4 is 14.9 Å². The van der Waals surface area contributed by atoms with Crippen molar-refractivity contribution < 1.29 is 14.3 Å². The average molecular weight is 485 g/mol. The molecule has 2 rings (SSSR count). The van der Waals surface area contributed by atoms with Gasteiger partial charge in [0.15, 0.2) is 11.5 Å². The molecule has 0 aliphatic rings. The summed E-state index contributed by atoms with van der Waals surface area (Å²) in [7, 11) is 3.20. The maximum atomic E-state index is 12.1. The van der Waals surface area contributed by atoms with Crippen molar-refractivity contribution in [1.29, 1.82) is 0 Å². The largest absolute Gasteiger partial charge is 0.493 e. The second kappa shape index (κ2) is 17.6. The van der Waals surface area contributed by atoms with Crippen LogP contribution in [-0.4, -0.2) is 36.5 Å². The molecule has 0 saturated carbocycles. The molecule has 0 aliphatic carbocycles. The fraction of sp³-hybridized carbons (Fsp3) is 0.607. The van der Waals surface area contributed by atoms with Crippen molar-refractivity contribution in [3.8, 4) is 22.8 Å². The number of aromatic nitrogens is 2. The number of methoxy groups -OCH3 is 2. The van der Waals surface area contributed by atoms with Gasteiger partial charge in [-0.05, 0) is 24.6 Å². The minimum Gasteiger partial charge on any atom is -0.493 e. The molecule has 1 aromatic heterocycles. The van der Waals surface area contributed by atoms with Gasteiger partial charge >= 0.3 is 0 Å². The molecular weight excluding hydrogens is 440 g/mol. The quantitative estimate of drug-likeness (QED) is 0.127. The first-order valence-electron chi connectivity index (χ1n) is 13.3. The SMILES string of the molecule is CCCCCCCCCCCCCCCC(=O)NN=Cc1cn[nH]c1-c1ccc(OC)c(OC)c1. The van der Waals surface area contributed by atoms with Crippen LogP contribution in [0.2, 0.25) is 0 Å². The van der Waals surface area contributed by atoms with Crippen LogP contribution in [0.5, 0.6) is 11.5 Å². The van der Waals surface area contributed by atoms with E-state index in [1.165, 1.54) is 70.6 Å². The molecule has 2 N–H and O–H groups in total. The van der Waals surface area contributed by atoms with E-state index in [9.17, 15) is 4.79 Å². The number of hydrogen-bond acceptors (Lipinski definition) is 5. The lowest BCUT2D eigenvalue weighted by atomic mass is 10.0. The predicted octanol–water partition coefficient (Wildman–Crippen LogP) is 7.03. The van der Waals surface area contributed by atoms with Gasteiger partial charge in [0.1, 0.15) is 0 Å². The number of nitrogens with one attached hydrogen (secondary N) is 2. The van der Waals surface area contributed by atoms with E-state index in [2.05, 4.69) is 27.6 Å². The van der Waals surface area contributed by atoms with E-state index < -0.39 is 0 Å². The third-order valence-electron chi connectivity index (χ3n) is 6.24. The number of carbonyl (C=O) groups excluding carboxylic acids is 1. The first-order valence-corrected chi connectivity index (χ1v) is 13.3. The number of aromatic amines is 1. The molecule has 35 heavy (non-hydrogen) atoms. The van der Waals surface area contributed by atoms with Gasteiger partial charge in [0.2, 0.25) is 5.91 Å². The summed E-state index contributed by atoms with van der Waals surface area (Å²) < 4.78 is 10.7. The number of nitrogens with zero attached hydrogens (tertiary/aromatic N) is 2. The summed E-state index contributed by atoms with van der Waals surface area (Å²) >= 11 is 0. The van der Waals surface area contributed by atoms with E-state index >= 15 is 0 Å². The minimum absolute atomic E-state index is 0.0551. The summed E-state index contributed by atoms with van der Waals surface area (Å²) in [6.45, 7) is 2.27. The zero-order valence-corrected chi connectivity index (χ0v) is 21.9. The minimum atomic E-state index is -0.0551. The van der Waals surface area contributed by atoms with Gasteiger partial charge in [-0.2, -0.15) is 10.2 Å². The Bertz CT molecular complexity index is 879. The number of carbonyl (C=O) groups is 1. The topological polar surface area (TPSA) is 88.6 Å². The highest BCUT2D eigenvalue weighted by atomic mass is 16.5. The summed E-state index contributed by atoms with van der Waals surface area (Å²) in [6, 6.07) is 5.63. The van der Waals surface area contributed by atoms with Crippen LogP contribution in [-0.2, 0) is 4.79 Å². The third kappa shape index (κ3) is 11.0. The fourth-order valence-corrected chi connectivity index (χ4v) is 4.15. The van der Waals surface area contributed by atoms with Gasteiger partial charge < -0.3 is 9.47 Å². The Morgan fingerprint density at radius 3 is 2.11 bits per heavy atom. The monoisotopic (exact) mass is 484 g/mol. The average Bonchev–Trinajstić information content (AvgIpc) is 3.35. The zero-order chi connectivity index (χ0) is 25.1. The van der Waals surface area contributed by atoms with Gasteiger partial charge in [0.25, 0.3) is 0 Å². The number of hydrogen-bond donors (Lipinski definition) is 2. The Hall–Kier alpha value is -2.83. The van der Waals surface area contributed by atoms with E-state index in [1.807, 2.05) is 18.2 Å². The maximum absolute atomic E-state index is 12.1. The molecule has 0 radical (unpaired) electrons. The van der Waals surface area contributed by atoms with Crippen LogP contribution in [0.25, 0.3) is 11.3 Å². The Morgan fingerprint density at radius 2 is 1.51 bits per heavy atom. The number of benzene rings is 1. The van der Waals surface area contributed by atoms with Gasteiger partial charge in [0, 0.05) is 17.5 Å². The van der Waals surface area contributed by atoms with Crippen molar-refractivity contribution in [3.63, 3.8) is 0 Å². The van der Waals surface area contributed by atoms with Crippen LogP contribution >= 0.6 is 0 Å². The molecule has 7 nitrogen and oxygen atoms in total. The van der Waals surface area contributed by atoms with Crippen LogP contribution in [0.3, 0.4) is 0 Å². The highest BCUT2D eigenvalue weighted by Gasteiger charge is 2.10. The summed E-state index contributed by atoms with van der Waals surface area (Å²) in [6.07, 6.45) is 20.6. The lowest BCUT2D eigenvalue weighted by Gasteiger charge is -2.09. The van der Waals surface area contributed by atoms with Crippen molar-refractivity contribution in [2.24, 2.45) is 5.10 Å². The summed E-state index contributed by atoms with van der Waals surface area (Å²) in [4.78, 5) is 12.1. The van der Waals surface area contributed by atoms with E-state index in [4.69, 9.17) is 9.47 Å². The first-order chi connectivity index (χ1) is 17.2. The van der Waals surface area contributed by atoms with Gasteiger partial charge in [-0.25, -0.2) is 5.43 Å². The maximum Gasteiger partial charge on any atom is 0.240 e. The van der Waals surface area contributed by atoms with Gasteiger partial charge in [-0.15, -0.1) is 0 Å². The van der Waals surface area contributed by atoms with E-state index in [1.54, 1.807) is 26.6 Å². The van der Waals surface area contributed by atoms with Crippen molar-refractivity contribution in [1.82, 2.24) is 15.6 Å². The molecule has 1 heterocycles. The molecule has 0 bridgehead atoms. The summed E-state index contributed by atoms with van der Waals surface area (Å²) in [5, 5.41) is 11.2. The van der Waals surface area contributed by atoms with Crippen LogP contribution in [0.15, 0.2) is 29.5 Å². The molecule has 0 atom stereocenters. The number of hydrazone groups is 1. The molecule has 2 aromatic rings. The van der Waals surface area contributed by atoms with Crippen molar-refractivity contribution in [2.75, 3.05) is 14.2 Å². The van der Waals surface area contributed by atoms with Crippen LogP contribution in [0.4, 0.5) is 0 Å². The zero-order valence-electron chi connectivity index (χ0n) is 21.9. The second-order valence-electron chi connectivity index (χ2n) is 9.06. The smallest absolute Gasteiger partial charge is 0.240 e. The van der Waals surface area contributed by atoms with Crippen molar-refractivity contribution in [2.45, 2.75) is 96.8 Å².